The summed E-state index contributed by atoms with van der Waals surface area (Å²) in [4.78, 5) is 4.06. The number of benzene rings is 1. The first-order valence-corrected chi connectivity index (χ1v) is 4.57. The molecule has 0 spiro atoms. The average molecular weight is 197 g/mol. The van der Waals surface area contributed by atoms with E-state index in [2.05, 4.69) is 11.1 Å². The van der Waals surface area contributed by atoms with Crippen LogP contribution < -0.4 is 4.74 Å². The van der Waals surface area contributed by atoms with Crippen molar-refractivity contribution in [2.24, 2.45) is 0 Å². The van der Waals surface area contributed by atoms with Gasteiger partial charge in [0.05, 0.1) is 35.5 Å². The van der Waals surface area contributed by atoms with E-state index in [0.29, 0.717) is 12.2 Å². The molecule has 0 saturated carbocycles. The van der Waals surface area contributed by atoms with Crippen LogP contribution >= 0.6 is 0 Å². The van der Waals surface area contributed by atoms with Gasteiger partial charge < -0.3 is 4.74 Å². The Kier molecular flexibility index (Phi) is 1.53. The summed E-state index contributed by atoms with van der Waals surface area (Å²) in [6, 6.07) is 7.49. The topological polar surface area (TPSA) is 50.8 Å². The van der Waals surface area contributed by atoms with Gasteiger partial charge in [-0.15, -0.1) is 0 Å². The fraction of sp³-hybridized carbons (Fsp3) is 0.0909. The van der Waals surface area contributed by atoms with E-state index in [4.69, 9.17) is 10.00 Å². The maximum absolute atomic E-state index is 8.77. The van der Waals surface area contributed by atoms with Gasteiger partial charge in [-0.25, -0.2) is 4.98 Å². The standard InChI is InChI=1S/C11H7N3O/c12-4-8-1-2-10-11(3-8)15-6-9-5-13-7-14(9)10/h1-3,5,7H,6H2. The summed E-state index contributed by atoms with van der Waals surface area (Å²) in [5, 5.41) is 8.77. The van der Waals surface area contributed by atoms with Gasteiger partial charge in [-0.1, -0.05) is 0 Å². The molecule has 0 aliphatic carbocycles. The van der Waals surface area contributed by atoms with Gasteiger partial charge in [0.15, 0.2) is 0 Å². The number of hydrogen-bond acceptors (Lipinski definition) is 3. The zero-order valence-corrected chi connectivity index (χ0v) is 7.84. The van der Waals surface area contributed by atoms with E-state index < -0.39 is 0 Å². The third-order valence-corrected chi connectivity index (χ3v) is 2.44. The molecule has 0 atom stereocenters. The molecule has 1 aliphatic heterocycles. The number of aromatic nitrogens is 2. The zero-order valence-electron chi connectivity index (χ0n) is 7.84. The minimum atomic E-state index is 0.502. The second-order valence-corrected chi connectivity index (χ2v) is 3.34. The summed E-state index contributed by atoms with van der Waals surface area (Å²) in [7, 11) is 0. The fourth-order valence-electron chi connectivity index (χ4n) is 1.70. The van der Waals surface area contributed by atoms with E-state index in [1.807, 2.05) is 10.6 Å². The van der Waals surface area contributed by atoms with Crippen LogP contribution in [-0.2, 0) is 6.61 Å². The number of imidazole rings is 1. The molecular weight excluding hydrogens is 190 g/mol. The van der Waals surface area contributed by atoms with Crippen LogP contribution in [0.1, 0.15) is 11.3 Å². The zero-order chi connectivity index (χ0) is 10.3. The molecule has 0 N–H and O–H groups in total. The van der Waals surface area contributed by atoms with E-state index in [9.17, 15) is 0 Å². The largest absolute Gasteiger partial charge is 0.485 e. The van der Waals surface area contributed by atoms with Gasteiger partial charge >= 0.3 is 0 Å². The first-order chi connectivity index (χ1) is 7.38. The highest BCUT2D eigenvalue weighted by atomic mass is 16.5. The Morgan fingerprint density at radius 3 is 3.27 bits per heavy atom. The number of rotatable bonds is 0. The fourth-order valence-corrected chi connectivity index (χ4v) is 1.70. The third-order valence-electron chi connectivity index (χ3n) is 2.44. The number of fused-ring (bicyclic) bond motifs is 3. The molecule has 2 aromatic rings. The lowest BCUT2D eigenvalue weighted by molar-refractivity contribution is 0.285. The van der Waals surface area contributed by atoms with Gasteiger partial charge in [-0.3, -0.25) is 4.57 Å². The Hall–Kier alpha value is -2.28. The van der Waals surface area contributed by atoms with Gasteiger partial charge in [-0.2, -0.15) is 5.26 Å². The van der Waals surface area contributed by atoms with Crippen molar-refractivity contribution >= 4 is 0 Å². The van der Waals surface area contributed by atoms with Crippen LogP contribution in [0.4, 0.5) is 0 Å². The van der Waals surface area contributed by atoms with E-state index in [-0.39, 0.29) is 0 Å². The van der Waals surface area contributed by atoms with Crippen molar-refractivity contribution in [3.8, 4) is 17.5 Å². The maximum atomic E-state index is 8.77. The lowest BCUT2D eigenvalue weighted by Crippen LogP contribution is -2.11. The van der Waals surface area contributed by atoms with Gasteiger partial charge in [-0.05, 0) is 12.1 Å². The smallest absolute Gasteiger partial charge is 0.145 e. The summed E-state index contributed by atoms with van der Waals surface area (Å²) in [6.45, 7) is 0.502. The molecule has 0 bridgehead atoms. The minimum Gasteiger partial charge on any atom is -0.485 e. The Balaban J connectivity index is 2.23. The quantitative estimate of drug-likeness (QED) is 0.645. The molecule has 0 radical (unpaired) electrons. The molecule has 4 heteroatoms. The van der Waals surface area contributed by atoms with Crippen LogP contribution in [0.5, 0.6) is 5.75 Å². The minimum absolute atomic E-state index is 0.502. The van der Waals surface area contributed by atoms with Crippen molar-refractivity contribution in [3.05, 3.63) is 42.0 Å². The molecule has 72 valence electrons. The van der Waals surface area contributed by atoms with Crippen LogP contribution in [0.2, 0.25) is 0 Å². The molecular formula is C11H7N3O. The SMILES string of the molecule is N#Cc1ccc2c(c1)OCc1cncn1-2. The lowest BCUT2D eigenvalue weighted by Gasteiger charge is -2.19. The Labute approximate surface area is 86.4 Å². The molecule has 0 saturated heterocycles. The molecule has 3 rings (SSSR count). The van der Waals surface area contributed by atoms with E-state index in [1.165, 1.54) is 0 Å². The molecule has 4 nitrogen and oxygen atoms in total. The lowest BCUT2D eigenvalue weighted by atomic mass is 10.2. The van der Waals surface area contributed by atoms with Crippen LogP contribution in [-0.4, -0.2) is 9.55 Å². The van der Waals surface area contributed by atoms with Gasteiger partial charge in [0.1, 0.15) is 12.4 Å². The van der Waals surface area contributed by atoms with Crippen molar-refractivity contribution in [2.45, 2.75) is 6.61 Å². The molecule has 1 aromatic heterocycles. The van der Waals surface area contributed by atoms with Crippen LogP contribution in [0.25, 0.3) is 5.69 Å². The second kappa shape index (κ2) is 2.85. The van der Waals surface area contributed by atoms with Crippen LogP contribution in [0.3, 0.4) is 0 Å². The van der Waals surface area contributed by atoms with E-state index in [0.717, 1.165) is 17.1 Å². The molecule has 1 aliphatic rings. The molecule has 15 heavy (non-hydrogen) atoms. The van der Waals surface area contributed by atoms with E-state index >= 15 is 0 Å². The highest BCUT2D eigenvalue weighted by Crippen LogP contribution is 2.29. The number of hydrogen-bond donors (Lipinski definition) is 0. The Morgan fingerprint density at radius 1 is 1.47 bits per heavy atom. The van der Waals surface area contributed by atoms with E-state index in [1.54, 1.807) is 24.7 Å². The van der Waals surface area contributed by atoms with Crippen molar-refractivity contribution in [1.82, 2.24) is 9.55 Å². The molecule has 0 fully saturated rings. The van der Waals surface area contributed by atoms with Gasteiger partial charge in [0.2, 0.25) is 0 Å². The van der Waals surface area contributed by atoms with Crippen LogP contribution in [0.15, 0.2) is 30.7 Å². The summed E-state index contributed by atoms with van der Waals surface area (Å²) < 4.78 is 7.51. The summed E-state index contributed by atoms with van der Waals surface area (Å²) in [6.07, 6.45) is 3.53. The predicted octanol–water partition coefficient (Wildman–Crippen LogP) is 1.64. The number of ether oxygens (including phenoxy) is 1. The van der Waals surface area contributed by atoms with Crippen molar-refractivity contribution in [2.75, 3.05) is 0 Å². The second-order valence-electron chi connectivity index (χ2n) is 3.34. The summed E-state index contributed by atoms with van der Waals surface area (Å²) >= 11 is 0. The first kappa shape index (κ1) is 8.06. The molecule has 0 amide bonds. The van der Waals surface area contributed by atoms with Crippen LogP contribution in [0, 0.1) is 11.3 Å². The van der Waals surface area contributed by atoms with Crippen molar-refractivity contribution < 1.29 is 4.74 Å². The maximum Gasteiger partial charge on any atom is 0.145 e. The number of nitriles is 1. The Morgan fingerprint density at radius 2 is 2.40 bits per heavy atom. The monoisotopic (exact) mass is 197 g/mol. The molecule has 0 unspecified atom stereocenters. The molecule has 1 aromatic carbocycles. The number of nitrogens with zero attached hydrogens (tertiary/aromatic N) is 3. The third kappa shape index (κ3) is 1.10. The predicted molar refractivity (Wildman–Crippen MR) is 52.6 cm³/mol. The van der Waals surface area contributed by atoms with Gasteiger partial charge in [0, 0.05) is 6.07 Å². The normalized spacial score (nSPS) is 12.2. The summed E-state index contributed by atoms with van der Waals surface area (Å²) in [5.41, 5.74) is 2.57. The first-order valence-electron chi connectivity index (χ1n) is 4.57. The Bertz CT molecular complexity index is 565. The highest BCUT2D eigenvalue weighted by Gasteiger charge is 2.16. The van der Waals surface area contributed by atoms with Crippen molar-refractivity contribution in [1.29, 1.82) is 5.26 Å². The average Bonchev–Trinajstić information content (AvgIpc) is 2.76. The van der Waals surface area contributed by atoms with Gasteiger partial charge in [0.25, 0.3) is 0 Å². The van der Waals surface area contributed by atoms with Crippen molar-refractivity contribution in [3.63, 3.8) is 0 Å². The summed E-state index contributed by atoms with van der Waals surface area (Å²) in [5.74, 6) is 0.736. The molecule has 2 heterocycles. The highest BCUT2D eigenvalue weighted by molar-refractivity contribution is 5.53.